The van der Waals surface area contributed by atoms with Crippen molar-refractivity contribution in [2.24, 2.45) is 0 Å². The van der Waals surface area contributed by atoms with Crippen LogP contribution in [0.5, 0.6) is 0 Å². The normalized spacial score (nSPS) is 10.7. The van der Waals surface area contributed by atoms with Crippen molar-refractivity contribution in [3.63, 3.8) is 0 Å². The SMILES string of the molecule is [CH-]=C(C)C=C([CH2-])C.[Ir+3].[c-]1ccccc1-c1nc2ccccc2c2ccccc12. The molecule has 0 aliphatic carbocycles. The van der Waals surface area contributed by atoms with Gasteiger partial charge >= 0.3 is 20.1 Å². The molecule has 4 rings (SSSR count). The molecule has 0 bridgehead atoms. The molecule has 0 saturated carbocycles. The summed E-state index contributed by atoms with van der Waals surface area (Å²) in [4.78, 5) is 4.84. The first-order valence-corrected chi connectivity index (χ1v) is 8.90. The molecule has 0 N–H and O–H groups in total. The predicted molar refractivity (Wildman–Crippen MR) is 116 cm³/mol. The smallest absolute Gasteiger partial charge is 0.296 e. The second-order valence-corrected chi connectivity index (χ2v) is 6.53. The van der Waals surface area contributed by atoms with Crippen molar-refractivity contribution < 1.29 is 20.1 Å². The average molecular weight is 541 g/mol. The third-order valence-corrected chi connectivity index (χ3v) is 4.05. The minimum absolute atomic E-state index is 0. The third-order valence-electron chi connectivity index (χ3n) is 4.05. The van der Waals surface area contributed by atoms with Gasteiger partial charge in [0.05, 0.1) is 5.52 Å². The minimum Gasteiger partial charge on any atom is -0.296 e. The zero-order chi connectivity index (χ0) is 19.2. The molecule has 1 heterocycles. The van der Waals surface area contributed by atoms with Crippen molar-refractivity contribution in [3.8, 4) is 11.3 Å². The van der Waals surface area contributed by atoms with E-state index in [2.05, 4.69) is 61.5 Å². The molecule has 0 radical (unpaired) electrons. The number of allylic oxidation sites excluding steroid dienone is 3. The van der Waals surface area contributed by atoms with E-state index in [1.165, 1.54) is 16.2 Å². The van der Waals surface area contributed by atoms with E-state index in [1.54, 1.807) is 0 Å². The molecule has 0 aliphatic heterocycles. The second-order valence-electron chi connectivity index (χ2n) is 6.53. The molecule has 2 heteroatoms. The van der Waals surface area contributed by atoms with Crippen LogP contribution in [0, 0.1) is 19.6 Å². The Morgan fingerprint density at radius 2 is 1.50 bits per heavy atom. The molecule has 0 aliphatic rings. The second kappa shape index (κ2) is 10.0. The van der Waals surface area contributed by atoms with E-state index in [9.17, 15) is 0 Å². The van der Waals surface area contributed by atoms with Gasteiger partial charge in [-0.1, -0.05) is 56.3 Å². The molecule has 1 nitrogen and oxygen atoms in total. The van der Waals surface area contributed by atoms with Crippen LogP contribution in [0.2, 0.25) is 0 Å². The molecule has 140 valence electrons. The zero-order valence-electron chi connectivity index (χ0n) is 16.1. The Hall–Kier alpha value is -2.67. The Morgan fingerprint density at radius 3 is 2.07 bits per heavy atom. The summed E-state index contributed by atoms with van der Waals surface area (Å²) in [6.07, 6.45) is 1.83. The number of rotatable bonds is 2. The first-order valence-electron chi connectivity index (χ1n) is 8.90. The van der Waals surface area contributed by atoms with Crippen LogP contribution in [0.3, 0.4) is 0 Å². The van der Waals surface area contributed by atoms with Gasteiger partial charge in [-0.3, -0.25) is 11.6 Å². The first-order chi connectivity index (χ1) is 13.1. The molecule has 0 spiro atoms. The van der Waals surface area contributed by atoms with Gasteiger partial charge in [0, 0.05) is 5.39 Å². The number of hydrogen-bond acceptors (Lipinski definition) is 1. The molecule has 0 unspecified atom stereocenters. The molecular weight excluding hydrogens is 519 g/mol. The fourth-order valence-corrected chi connectivity index (χ4v) is 3.04. The summed E-state index contributed by atoms with van der Waals surface area (Å²) < 4.78 is 0. The molecule has 0 atom stereocenters. The molecule has 0 amide bonds. The Kier molecular flexibility index (Phi) is 7.75. The average Bonchev–Trinajstić information content (AvgIpc) is 2.67. The number of nitrogens with zero attached hydrogens (tertiary/aromatic N) is 1. The fourth-order valence-electron chi connectivity index (χ4n) is 3.04. The summed E-state index contributed by atoms with van der Waals surface area (Å²) in [5.74, 6) is 0. The van der Waals surface area contributed by atoms with Gasteiger partial charge in [0.1, 0.15) is 0 Å². The van der Waals surface area contributed by atoms with Gasteiger partial charge in [-0.25, -0.2) is 24.1 Å². The van der Waals surface area contributed by atoms with Crippen LogP contribution < -0.4 is 0 Å². The van der Waals surface area contributed by atoms with E-state index >= 15 is 0 Å². The quantitative estimate of drug-likeness (QED) is 0.152. The van der Waals surface area contributed by atoms with Crippen molar-refractivity contribution >= 4 is 21.7 Å². The number of fused-ring (bicyclic) bond motifs is 3. The van der Waals surface area contributed by atoms with E-state index < -0.39 is 0 Å². The number of hydrogen-bond donors (Lipinski definition) is 0. The Bertz CT molecular complexity index is 1110. The molecule has 4 aromatic rings. The van der Waals surface area contributed by atoms with Gasteiger partial charge in [-0.15, -0.1) is 35.9 Å². The maximum absolute atomic E-state index is 5.29. The van der Waals surface area contributed by atoms with Crippen molar-refractivity contribution in [1.29, 1.82) is 0 Å². The summed E-state index contributed by atoms with van der Waals surface area (Å²) in [5, 5.41) is 3.61. The summed E-state index contributed by atoms with van der Waals surface area (Å²) in [6, 6.07) is 28.0. The van der Waals surface area contributed by atoms with Crippen LogP contribution in [0.15, 0.2) is 90.0 Å². The molecule has 0 fully saturated rings. The van der Waals surface area contributed by atoms with Crippen molar-refractivity contribution in [3.05, 3.63) is 110 Å². The van der Waals surface area contributed by atoms with E-state index in [4.69, 9.17) is 11.6 Å². The van der Waals surface area contributed by atoms with Crippen LogP contribution in [-0.2, 0) is 20.1 Å². The maximum atomic E-state index is 5.29. The van der Waals surface area contributed by atoms with Gasteiger partial charge in [-0.2, -0.15) is 0 Å². The van der Waals surface area contributed by atoms with Crippen molar-refractivity contribution in [2.45, 2.75) is 13.8 Å². The van der Waals surface area contributed by atoms with Crippen molar-refractivity contribution in [2.75, 3.05) is 0 Å². The maximum Gasteiger partial charge on any atom is 3.00 e. The van der Waals surface area contributed by atoms with Crippen LogP contribution in [0.1, 0.15) is 13.8 Å². The summed E-state index contributed by atoms with van der Waals surface area (Å²) in [6.45, 7) is 12.7. The van der Waals surface area contributed by atoms with Gasteiger partial charge in [0.25, 0.3) is 0 Å². The Balaban J connectivity index is 0.000000306. The number of para-hydroxylation sites is 1. The Labute approximate surface area is 181 Å². The minimum atomic E-state index is 0. The molecular formula is C26H22IrN. The predicted octanol–water partition coefficient (Wildman–Crippen LogP) is 7.00. The summed E-state index contributed by atoms with van der Waals surface area (Å²) in [7, 11) is 0. The van der Waals surface area contributed by atoms with E-state index in [0.29, 0.717) is 0 Å². The monoisotopic (exact) mass is 541 g/mol. The van der Waals surface area contributed by atoms with Crippen LogP contribution in [-0.4, -0.2) is 4.98 Å². The molecule has 28 heavy (non-hydrogen) atoms. The van der Waals surface area contributed by atoms with Crippen LogP contribution in [0.25, 0.3) is 32.9 Å². The largest absolute Gasteiger partial charge is 3.00 e. The molecule has 1 aromatic heterocycles. The summed E-state index contributed by atoms with van der Waals surface area (Å²) in [5.41, 5.74) is 4.88. The van der Waals surface area contributed by atoms with Crippen LogP contribution in [0.4, 0.5) is 0 Å². The summed E-state index contributed by atoms with van der Waals surface area (Å²) >= 11 is 0. The standard InChI is InChI=1S/C19H12N.C7H10.Ir/c1-2-8-14(9-3-1)19-17-12-5-4-10-15(17)16-11-6-7-13-18(16)20-19;1-6(2)5-7(3)4;/h1-8,10-13H;1,5H,3H2,2,4H3;/q-1;-2;+3. The van der Waals surface area contributed by atoms with Gasteiger partial charge in [-0.05, 0) is 22.5 Å². The van der Waals surface area contributed by atoms with Crippen molar-refractivity contribution in [1.82, 2.24) is 4.98 Å². The number of pyridine rings is 1. The topological polar surface area (TPSA) is 12.9 Å². The number of benzene rings is 3. The first kappa shape index (κ1) is 21.6. The fraction of sp³-hybridized carbons (Fsp3) is 0.0769. The molecule has 0 saturated heterocycles. The van der Waals surface area contributed by atoms with E-state index in [1.807, 2.05) is 44.2 Å². The van der Waals surface area contributed by atoms with Gasteiger partial charge in [0.15, 0.2) is 0 Å². The molecule has 3 aromatic carbocycles. The Morgan fingerprint density at radius 1 is 0.893 bits per heavy atom. The van der Waals surface area contributed by atoms with Gasteiger partial charge < -0.3 is 0 Å². The van der Waals surface area contributed by atoms with E-state index in [0.717, 1.165) is 27.9 Å². The van der Waals surface area contributed by atoms with E-state index in [-0.39, 0.29) is 20.1 Å². The van der Waals surface area contributed by atoms with Gasteiger partial charge in [0.2, 0.25) is 0 Å². The van der Waals surface area contributed by atoms with Crippen LogP contribution >= 0.6 is 0 Å². The third kappa shape index (κ3) is 5.19. The zero-order valence-corrected chi connectivity index (χ0v) is 18.5. The number of aromatic nitrogens is 1.